The van der Waals surface area contributed by atoms with E-state index >= 15 is 0 Å². The number of aliphatic hydroxyl groups is 2. The molecule has 4 N–H and O–H groups in total. The van der Waals surface area contributed by atoms with Crippen molar-refractivity contribution < 1.29 is 29.6 Å². The number of ether oxygens (including phenoxy) is 1. The van der Waals surface area contributed by atoms with Gasteiger partial charge in [-0.05, 0) is 6.92 Å². The number of rotatable bonds is 7. The maximum atomic E-state index is 10.9. The van der Waals surface area contributed by atoms with Gasteiger partial charge in [0.1, 0.15) is 12.3 Å². The van der Waals surface area contributed by atoms with E-state index in [4.69, 9.17) is 9.84 Å². The molecular formula is C13H20N2O6. The number of nitrogens with zero attached hydrogens (tertiary/aromatic N) is 1. The van der Waals surface area contributed by atoms with Gasteiger partial charge in [0.15, 0.2) is 5.76 Å². The minimum absolute atomic E-state index is 0.00542. The van der Waals surface area contributed by atoms with Gasteiger partial charge in [0.05, 0.1) is 37.3 Å². The summed E-state index contributed by atoms with van der Waals surface area (Å²) in [4.78, 5) is 25.4. The Hall–Kier alpha value is -1.93. The number of nitrogens with one attached hydrogen (secondary N) is 1. The molecule has 2 atom stereocenters. The Morgan fingerprint density at radius 2 is 2.24 bits per heavy atom. The van der Waals surface area contributed by atoms with Crippen LogP contribution < -0.4 is 5.32 Å². The summed E-state index contributed by atoms with van der Waals surface area (Å²) in [5.41, 5.74) is -0.822. The van der Waals surface area contributed by atoms with E-state index < -0.39 is 24.2 Å². The molecule has 21 heavy (non-hydrogen) atoms. The first-order chi connectivity index (χ1) is 9.86. The van der Waals surface area contributed by atoms with Crippen molar-refractivity contribution in [3.8, 4) is 0 Å². The molecule has 0 aliphatic heterocycles. The van der Waals surface area contributed by atoms with E-state index in [0.717, 1.165) is 0 Å². The highest BCUT2D eigenvalue weighted by Crippen LogP contribution is 2.30. The van der Waals surface area contributed by atoms with Gasteiger partial charge in [-0.25, -0.2) is 4.79 Å². The minimum Gasteiger partial charge on any atom is -0.493 e. The fourth-order valence-corrected chi connectivity index (χ4v) is 2.09. The van der Waals surface area contributed by atoms with Gasteiger partial charge in [-0.3, -0.25) is 4.99 Å². The zero-order chi connectivity index (χ0) is 16.0. The molecule has 0 amide bonds. The molecule has 1 aliphatic rings. The van der Waals surface area contributed by atoms with Crippen molar-refractivity contribution in [3.63, 3.8) is 0 Å². The van der Waals surface area contributed by atoms with E-state index in [1.165, 1.54) is 14.0 Å². The van der Waals surface area contributed by atoms with Gasteiger partial charge in [0.25, 0.3) is 0 Å². The molecule has 118 valence electrons. The number of aliphatic imine (C=N–C) groups is 1. The SMILES string of the molecule is COC1=C(NCC=O)CC(O)(CO)C/C1=N\C(C)C(=O)O. The number of carbonyl (C=O) groups excluding carboxylic acids is 1. The molecule has 0 heterocycles. The second kappa shape index (κ2) is 7.19. The number of methoxy groups -OCH3 is 1. The fraction of sp³-hybridized carbons (Fsp3) is 0.615. The predicted molar refractivity (Wildman–Crippen MR) is 73.9 cm³/mol. The third-order valence-corrected chi connectivity index (χ3v) is 3.14. The van der Waals surface area contributed by atoms with Crippen LogP contribution >= 0.6 is 0 Å². The Kier molecular flexibility index (Phi) is 5.86. The molecule has 0 radical (unpaired) electrons. The van der Waals surface area contributed by atoms with Crippen LogP contribution in [0.25, 0.3) is 0 Å². The maximum Gasteiger partial charge on any atom is 0.328 e. The predicted octanol–water partition coefficient (Wildman–Crippen LogP) is -0.936. The first-order valence-electron chi connectivity index (χ1n) is 6.44. The van der Waals surface area contributed by atoms with Crippen LogP contribution in [0, 0.1) is 0 Å². The zero-order valence-corrected chi connectivity index (χ0v) is 12.0. The molecule has 1 rings (SSSR count). The lowest BCUT2D eigenvalue weighted by atomic mass is 9.85. The molecule has 0 fully saturated rings. The molecule has 0 aromatic rings. The van der Waals surface area contributed by atoms with Crippen molar-refractivity contribution in [2.75, 3.05) is 20.3 Å². The molecule has 0 saturated heterocycles. The number of carboxylic acid groups (broad SMARTS) is 1. The number of aliphatic carboxylic acids is 1. The lowest BCUT2D eigenvalue weighted by Gasteiger charge is -2.34. The van der Waals surface area contributed by atoms with E-state index in [0.29, 0.717) is 17.7 Å². The van der Waals surface area contributed by atoms with Crippen LogP contribution in [-0.4, -0.2) is 65.2 Å². The van der Waals surface area contributed by atoms with Gasteiger partial charge in [-0.15, -0.1) is 0 Å². The Balaban J connectivity index is 3.23. The number of hydrogen-bond donors (Lipinski definition) is 4. The number of aliphatic hydroxyl groups excluding tert-OH is 1. The number of allylic oxidation sites excluding steroid dienone is 1. The molecule has 0 aromatic heterocycles. The van der Waals surface area contributed by atoms with Gasteiger partial charge in [0.2, 0.25) is 0 Å². The third-order valence-electron chi connectivity index (χ3n) is 3.14. The van der Waals surface area contributed by atoms with Crippen LogP contribution in [0.3, 0.4) is 0 Å². The summed E-state index contributed by atoms with van der Waals surface area (Å²) in [6, 6.07) is -1.02. The zero-order valence-electron chi connectivity index (χ0n) is 12.0. The summed E-state index contributed by atoms with van der Waals surface area (Å²) in [5, 5.41) is 31.3. The largest absolute Gasteiger partial charge is 0.493 e. The average molecular weight is 300 g/mol. The second-order valence-electron chi connectivity index (χ2n) is 4.89. The first kappa shape index (κ1) is 17.1. The topological polar surface area (TPSA) is 128 Å². The Bertz CT molecular complexity index is 473. The standard InChI is InChI=1S/C13H20N2O6/c1-8(12(18)19)15-10-6-13(20,7-17)5-9(11(10)21-2)14-3-4-16/h4,8,14,17,20H,3,5-7H2,1-2H3,(H,18,19)/b15-10+. The molecular weight excluding hydrogens is 280 g/mol. The summed E-state index contributed by atoms with van der Waals surface area (Å²) in [6.45, 7) is 0.885. The Labute approximate surface area is 122 Å². The second-order valence-corrected chi connectivity index (χ2v) is 4.89. The summed E-state index contributed by atoms with van der Waals surface area (Å²) < 4.78 is 5.22. The van der Waals surface area contributed by atoms with Crippen molar-refractivity contribution >= 4 is 18.0 Å². The lowest BCUT2D eigenvalue weighted by molar-refractivity contribution is -0.138. The van der Waals surface area contributed by atoms with Gasteiger partial charge in [-0.1, -0.05) is 0 Å². The molecule has 1 aliphatic carbocycles. The molecule has 0 saturated carbocycles. The van der Waals surface area contributed by atoms with E-state index in [-0.39, 0.29) is 25.1 Å². The molecule has 0 aromatic carbocycles. The molecule has 2 unspecified atom stereocenters. The van der Waals surface area contributed by atoms with E-state index in [9.17, 15) is 19.8 Å². The van der Waals surface area contributed by atoms with Gasteiger partial charge in [0, 0.05) is 12.8 Å². The highest BCUT2D eigenvalue weighted by molar-refractivity contribution is 6.01. The third kappa shape index (κ3) is 4.27. The van der Waals surface area contributed by atoms with Gasteiger partial charge in [-0.2, -0.15) is 0 Å². The van der Waals surface area contributed by atoms with Crippen molar-refractivity contribution in [3.05, 3.63) is 11.5 Å². The monoisotopic (exact) mass is 300 g/mol. The normalized spacial score (nSPS) is 25.6. The summed E-state index contributed by atoms with van der Waals surface area (Å²) in [6.07, 6.45) is 0.668. The average Bonchev–Trinajstić information content (AvgIpc) is 2.44. The smallest absolute Gasteiger partial charge is 0.328 e. The van der Waals surface area contributed by atoms with Crippen molar-refractivity contribution in [2.45, 2.75) is 31.4 Å². The van der Waals surface area contributed by atoms with E-state index in [1.54, 1.807) is 0 Å². The summed E-state index contributed by atoms with van der Waals surface area (Å²) in [7, 11) is 1.39. The Morgan fingerprint density at radius 1 is 1.57 bits per heavy atom. The number of carboxylic acids is 1. The van der Waals surface area contributed by atoms with Crippen LogP contribution in [0.2, 0.25) is 0 Å². The quantitative estimate of drug-likeness (QED) is 0.447. The van der Waals surface area contributed by atoms with E-state index in [2.05, 4.69) is 10.3 Å². The summed E-state index contributed by atoms with van der Waals surface area (Å²) >= 11 is 0. The molecule has 0 bridgehead atoms. The first-order valence-corrected chi connectivity index (χ1v) is 6.44. The number of aldehydes is 1. The van der Waals surface area contributed by atoms with Crippen LogP contribution in [0.4, 0.5) is 0 Å². The molecule has 0 spiro atoms. The van der Waals surface area contributed by atoms with Gasteiger partial charge >= 0.3 is 5.97 Å². The van der Waals surface area contributed by atoms with Crippen molar-refractivity contribution in [1.29, 1.82) is 0 Å². The highest BCUT2D eigenvalue weighted by Gasteiger charge is 2.38. The number of hydrogen-bond acceptors (Lipinski definition) is 7. The van der Waals surface area contributed by atoms with Crippen LogP contribution in [-0.2, 0) is 14.3 Å². The summed E-state index contributed by atoms with van der Waals surface area (Å²) in [5.74, 6) is -0.818. The van der Waals surface area contributed by atoms with E-state index in [1.807, 2.05) is 0 Å². The maximum absolute atomic E-state index is 10.9. The number of carbonyl (C=O) groups is 2. The van der Waals surface area contributed by atoms with Crippen LogP contribution in [0.1, 0.15) is 19.8 Å². The fourth-order valence-electron chi connectivity index (χ4n) is 2.09. The van der Waals surface area contributed by atoms with Crippen LogP contribution in [0.15, 0.2) is 16.4 Å². The Morgan fingerprint density at radius 3 is 2.71 bits per heavy atom. The molecule has 8 heteroatoms. The lowest BCUT2D eigenvalue weighted by Crippen LogP contribution is -2.44. The highest BCUT2D eigenvalue weighted by atomic mass is 16.5. The van der Waals surface area contributed by atoms with Crippen molar-refractivity contribution in [2.24, 2.45) is 4.99 Å². The van der Waals surface area contributed by atoms with Crippen molar-refractivity contribution in [1.82, 2.24) is 5.32 Å². The minimum atomic E-state index is -1.47. The van der Waals surface area contributed by atoms with Crippen LogP contribution in [0.5, 0.6) is 0 Å². The molecule has 8 nitrogen and oxygen atoms in total. The van der Waals surface area contributed by atoms with Gasteiger partial charge < -0.3 is 30.2 Å².